The van der Waals surface area contributed by atoms with E-state index >= 15 is 0 Å². The second kappa shape index (κ2) is 5.19. The lowest BCUT2D eigenvalue weighted by Crippen LogP contribution is -2.47. The number of nitrogens with zero attached hydrogens (tertiary/aromatic N) is 1. The van der Waals surface area contributed by atoms with Crippen molar-refractivity contribution in [2.45, 2.75) is 39.3 Å². The zero-order valence-electron chi connectivity index (χ0n) is 11.2. The van der Waals surface area contributed by atoms with E-state index in [1.807, 2.05) is 0 Å². The Kier molecular flexibility index (Phi) is 3.85. The van der Waals surface area contributed by atoms with Crippen LogP contribution in [-0.2, 0) is 17.7 Å². The molecule has 0 saturated carbocycles. The zero-order chi connectivity index (χ0) is 12.3. The minimum Gasteiger partial charge on any atom is -0.373 e. The van der Waals surface area contributed by atoms with Crippen molar-refractivity contribution < 1.29 is 4.74 Å². The molecule has 0 radical (unpaired) electrons. The third-order valence-electron chi connectivity index (χ3n) is 3.34. The Hall–Kier alpha value is -0.860. The number of rotatable bonds is 3. The first-order valence-electron chi connectivity index (χ1n) is 6.53. The molecule has 0 bridgehead atoms. The molecule has 0 atom stereocenters. The van der Waals surface area contributed by atoms with Gasteiger partial charge in [0.2, 0.25) is 0 Å². The van der Waals surface area contributed by atoms with E-state index in [1.54, 1.807) is 0 Å². The van der Waals surface area contributed by atoms with Gasteiger partial charge in [-0.1, -0.05) is 31.2 Å². The number of hydrogen-bond donors (Lipinski definition) is 0. The van der Waals surface area contributed by atoms with E-state index < -0.39 is 0 Å². The summed E-state index contributed by atoms with van der Waals surface area (Å²) in [4.78, 5) is 2.48. The maximum Gasteiger partial charge on any atom is 0.0753 e. The normalized spacial score (nSPS) is 20.4. The zero-order valence-corrected chi connectivity index (χ0v) is 11.2. The van der Waals surface area contributed by atoms with Gasteiger partial charge < -0.3 is 4.74 Å². The molecular formula is C15H23NO. The van der Waals surface area contributed by atoms with Crippen LogP contribution in [0.1, 0.15) is 31.9 Å². The quantitative estimate of drug-likeness (QED) is 0.796. The molecule has 0 amide bonds. The average molecular weight is 233 g/mol. The van der Waals surface area contributed by atoms with E-state index in [0.29, 0.717) is 0 Å². The smallest absolute Gasteiger partial charge is 0.0753 e. The SMILES string of the molecule is CCc1ccc(CN2CCOC(C)(C)C2)cc1. The molecule has 1 aromatic carbocycles. The number of benzene rings is 1. The fraction of sp³-hybridized carbons (Fsp3) is 0.600. The highest BCUT2D eigenvalue weighted by Crippen LogP contribution is 2.18. The fourth-order valence-electron chi connectivity index (χ4n) is 2.39. The first kappa shape index (κ1) is 12.6. The van der Waals surface area contributed by atoms with Crippen molar-refractivity contribution in [2.24, 2.45) is 0 Å². The van der Waals surface area contributed by atoms with Gasteiger partial charge in [0.1, 0.15) is 0 Å². The van der Waals surface area contributed by atoms with Crippen LogP contribution >= 0.6 is 0 Å². The van der Waals surface area contributed by atoms with Gasteiger partial charge in [-0.15, -0.1) is 0 Å². The molecule has 1 aliphatic rings. The third kappa shape index (κ3) is 3.55. The van der Waals surface area contributed by atoms with Crippen molar-refractivity contribution >= 4 is 0 Å². The lowest BCUT2D eigenvalue weighted by molar-refractivity contribution is -0.0882. The van der Waals surface area contributed by atoms with E-state index in [0.717, 1.165) is 32.7 Å². The summed E-state index contributed by atoms with van der Waals surface area (Å²) in [6.07, 6.45) is 1.12. The van der Waals surface area contributed by atoms with Crippen LogP contribution in [0.5, 0.6) is 0 Å². The first-order chi connectivity index (χ1) is 8.09. The minimum absolute atomic E-state index is 0.00160. The maximum atomic E-state index is 5.73. The summed E-state index contributed by atoms with van der Waals surface area (Å²) < 4.78 is 5.73. The van der Waals surface area contributed by atoms with Crippen LogP contribution in [0.2, 0.25) is 0 Å². The Morgan fingerprint density at radius 3 is 2.41 bits per heavy atom. The van der Waals surface area contributed by atoms with E-state index in [9.17, 15) is 0 Å². The molecule has 1 heterocycles. The molecule has 17 heavy (non-hydrogen) atoms. The largest absolute Gasteiger partial charge is 0.373 e. The second-order valence-electron chi connectivity index (χ2n) is 5.49. The van der Waals surface area contributed by atoms with Crippen molar-refractivity contribution in [3.05, 3.63) is 35.4 Å². The Bertz CT molecular complexity index is 356. The number of ether oxygens (including phenoxy) is 1. The summed E-state index contributed by atoms with van der Waals surface area (Å²) in [6.45, 7) is 10.5. The van der Waals surface area contributed by atoms with Gasteiger partial charge in [0.25, 0.3) is 0 Å². The van der Waals surface area contributed by atoms with E-state index in [-0.39, 0.29) is 5.60 Å². The van der Waals surface area contributed by atoms with Crippen molar-refractivity contribution in [3.8, 4) is 0 Å². The lowest BCUT2D eigenvalue weighted by atomic mass is 10.1. The predicted molar refractivity (Wildman–Crippen MR) is 71.1 cm³/mol. The van der Waals surface area contributed by atoms with Gasteiger partial charge in [0.05, 0.1) is 12.2 Å². The highest BCUT2D eigenvalue weighted by molar-refractivity contribution is 5.22. The van der Waals surface area contributed by atoms with E-state index in [2.05, 4.69) is 49.9 Å². The standard InChI is InChI=1S/C15H23NO/c1-4-13-5-7-14(8-6-13)11-16-9-10-17-15(2,3)12-16/h5-8H,4,9-12H2,1-3H3. The molecule has 1 aliphatic heterocycles. The summed E-state index contributed by atoms with van der Waals surface area (Å²) in [5, 5.41) is 0. The van der Waals surface area contributed by atoms with E-state index in [1.165, 1.54) is 11.1 Å². The molecule has 2 nitrogen and oxygen atoms in total. The summed E-state index contributed by atoms with van der Waals surface area (Å²) in [6, 6.07) is 8.98. The Morgan fingerprint density at radius 2 is 1.82 bits per heavy atom. The Balaban J connectivity index is 1.95. The minimum atomic E-state index is 0.00160. The van der Waals surface area contributed by atoms with Crippen molar-refractivity contribution in [2.75, 3.05) is 19.7 Å². The van der Waals surface area contributed by atoms with Crippen molar-refractivity contribution in [1.29, 1.82) is 0 Å². The van der Waals surface area contributed by atoms with Gasteiger partial charge in [0, 0.05) is 19.6 Å². The summed E-state index contributed by atoms with van der Waals surface area (Å²) in [5.41, 5.74) is 2.82. The fourth-order valence-corrected chi connectivity index (χ4v) is 2.39. The molecule has 2 rings (SSSR count). The number of morpholine rings is 1. The molecule has 0 unspecified atom stereocenters. The lowest BCUT2D eigenvalue weighted by Gasteiger charge is -2.38. The molecule has 1 aromatic rings. The second-order valence-corrected chi connectivity index (χ2v) is 5.49. The van der Waals surface area contributed by atoms with Crippen LogP contribution < -0.4 is 0 Å². The number of hydrogen-bond acceptors (Lipinski definition) is 2. The summed E-state index contributed by atoms with van der Waals surface area (Å²) >= 11 is 0. The molecule has 1 saturated heterocycles. The highest BCUT2D eigenvalue weighted by Gasteiger charge is 2.26. The monoisotopic (exact) mass is 233 g/mol. The Labute approximate surface area is 105 Å². The molecule has 0 spiro atoms. The maximum absolute atomic E-state index is 5.73. The summed E-state index contributed by atoms with van der Waals surface area (Å²) in [5.74, 6) is 0. The van der Waals surface area contributed by atoms with Gasteiger partial charge in [-0.2, -0.15) is 0 Å². The third-order valence-corrected chi connectivity index (χ3v) is 3.34. The molecular weight excluding hydrogens is 210 g/mol. The molecule has 0 aromatic heterocycles. The van der Waals surface area contributed by atoms with Gasteiger partial charge in [-0.05, 0) is 31.4 Å². The molecule has 2 heteroatoms. The van der Waals surface area contributed by atoms with Gasteiger partial charge in [-0.25, -0.2) is 0 Å². The molecule has 1 fully saturated rings. The average Bonchev–Trinajstić information content (AvgIpc) is 2.29. The predicted octanol–water partition coefficient (Wildman–Crippen LogP) is 2.86. The van der Waals surface area contributed by atoms with Crippen LogP contribution in [0.4, 0.5) is 0 Å². The van der Waals surface area contributed by atoms with Gasteiger partial charge >= 0.3 is 0 Å². The topological polar surface area (TPSA) is 12.5 Å². The molecule has 94 valence electrons. The Morgan fingerprint density at radius 1 is 1.18 bits per heavy atom. The highest BCUT2D eigenvalue weighted by atomic mass is 16.5. The van der Waals surface area contributed by atoms with Gasteiger partial charge in [0.15, 0.2) is 0 Å². The summed E-state index contributed by atoms with van der Waals surface area (Å²) in [7, 11) is 0. The van der Waals surface area contributed by atoms with E-state index in [4.69, 9.17) is 4.74 Å². The van der Waals surface area contributed by atoms with Gasteiger partial charge in [-0.3, -0.25) is 4.90 Å². The van der Waals surface area contributed by atoms with Crippen molar-refractivity contribution in [1.82, 2.24) is 4.90 Å². The van der Waals surface area contributed by atoms with Crippen LogP contribution in [0.25, 0.3) is 0 Å². The molecule has 0 N–H and O–H groups in total. The van der Waals surface area contributed by atoms with Crippen LogP contribution in [0.3, 0.4) is 0 Å². The van der Waals surface area contributed by atoms with Crippen LogP contribution in [-0.4, -0.2) is 30.2 Å². The first-order valence-corrected chi connectivity index (χ1v) is 6.53. The van der Waals surface area contributed by atoms with Crippen LogP contribution in [0.15, 0.2) is 24.3 Å². The van der Waals surface area contributed by atoms with Crippen molar-refractivity contribution in [3.63, 3.8) is 0 Å². The molecule has 0 aliphatic carbocycles. The van der Waals surface area contributed by atoms with Crippen LogP contribution in [0, 0.1) is 0 Å². The number of aryl methyl sites for hydroxylation is 1.